The summed E-state index contributed by atoms with van der Waals surface area (Å²) in [6.07, 6.45) is 6.22. The van der Waals surface area contributed by atoms with E-state index in [0.717, 1.165) is 55.4 Å². The number of hydrogen-bond donors (Lipinski definition) is 0. The Morgan fingerprint density at radius 2 is 1.86 bits per heavy atom. The Morgan fingerprint density at radius 1 is 1.07 bits per heavy atom. The average molecular weight is 418 g/mol. The number of rotatable bonds is 7. The van der Waals surface area contributed by atoms with Gasteiger partial charge in [0.25, 0.3) is 0 Å². The zero-order chi connectivity index (χ0) is 20.3. The van der Waals surface area contributed by atoms with Gasteiger partial charge in [-0.2, -0.15) is 4.31 Å². The van der Waals surface area contributed by atoms with Gasteiger partial charge in [0.15, 0.2) is 0 Å². The third-order valence-electron chi connectivity index (χ3n) is 6.03. The van der Waals surface area contributed by atoms with Crippen molar-refractivity contribution in [2.75, 3.05) is 12.4 Å². The molecule has 2 aliphatic rings. The Hall–Kier alpha value is -1.92. The van der Waals surface area contributed by atoms with E-state index in [-0.39, 0.29) is 24.2 Å². The number of ether oxygens (including phenoxy) is 1. The number of halogens is 1. The molecule has 0 radical (unpaired) electrons. The van der Waals surface area contributed by atoms with E-state index in [0.29, 0.717) is 18.6 Å². The van der Waals surface area contributed by atoms with E-state index in [9.17, 15) is 12.8 Å². The first-order valence-electron chi connectivity index (χ1n) is 10.5. The second-order valence-corrected chi connectivity index (χ2v) is 10.1. The summed E-state index contributed by atoms with van der Waals surface area (Å²) in [5.74, 6) is 0.597. The van der Waals surface area contributed by atoms with Crippen molar-refractivity contribution < 1.29 is 17.5 Å². The molecule has 29 heavy (non-hydrogen) atoms. The Labute approximate surface area is 172 Å². The summed E-state index contributed by atoms with van der Waals surface area (Å²) in [6.45, 7) is 0.798. The predicted octanol–water partition coefficient (Wildman–Crippen LogP) is 4.47. The monoisotopic (exact) mass is 417 g/mol. The van der Waals surface area contributed by atoms with Crippen LogP contribution in [0.3, 0.4) is 0 Å². The highest BCUT2D eigenvalue weighted by Gasteiger charge is 2.31. The smallest absolute Gasteiger partial charge is 0.214 e. The zero-order valence-corrected chi connectivity index (χ0v) is 17.5. The predicted molar refractivity (Wildman–Crippen MR) is 112 cm³/mol. The number of sulfonamides is 1. The number of fused-ring (bicyclic) bond motifs is 1. The van der Waals surface area contributed by atoms with E-state index >= 15 is 0 Å². The van der Waals surface area contributed by atoms with Crippen LogP contribution in [0.25, 0.3) is 0 Å². The van der Waals surface area contributed by atoms with Crippen LogP contribution < -0.4 is 4.74 Å². The van der Waals surface area contributed by atoms with Gasteiger partial charge in [0.1, 0.15) is 11.6 Å². The first kappa shape index (κ1) is 20.4. The molecule has 0 spiro atoms. The first-order chi connectivity index (χ1) is 14.0. The van der Waals surface area contributed by atoms with Crippen LogP contribution in [0.5, 0.6) is 5.75 Å². The summed E-state index contributed by atoms with van der Waals surface area (Å²) in [6, 6.07) is 12.4. The molecule has 0 unspecified atom stereocenters. The van der Waals surface area contributed by atoms with Crippen LogP contribution in [0.15, 0.2) is 42.5 Å². The summed E-state index contributed by atoms with van der Waals surface area (Å²) >= 11 is 0. The van der Waals surface area contributed by atoms with E-state index in [1.165, 1.54) is 6.07 Å². The highest BCUT2D eigenvalue weighted by Crippen LogP contribution is 2.29. The number of hydrogen-bond acceptors (Lipinski definition) is 3. The van der Waals surface area contributed by atoms with Crippen molar-refractivity contribution in [3.8, 4) is 5.75 Å². The molecular formula is C23H28FNO3S. The van der Waals surface area contributed by atoms with Gasteiger partial charge >= 0.3 is 0 Å². The quantitative estimate of drug-likeness (QED) is 0.668. The molecule has 2 aromatic carbocycles. The molecule has 1 heterocycles. The summed E-state index contributed by atoms with van der Waals surface area (Å²) in [5.41, 5.74) is 2.60. The van der Waals surface area contributed by atoms with E-state index in [1.54, 1.807) is 22.5 Å². The second kappa shape index (κ2) is 8.84. The fourth-order valence-electron chi connectivity index (χ4n) is 4.38. The highest BCUT2D eigenvalue weighted by atomic mass is 32.2. The number of nitrogens with zero attached hydrogens (tertiary/aromatic N) is 1. The van der Waals surface area contributed by atoms with Crippen molar-refractivity contribution in [1.82, 2.24) is 4.31 Å². The van der Waals surface area contributed by atoms with E-state index in [2.05, 4.69) is 6.07 Å². The average Bonchev–Trinajstić information content (AvgIpc) is 3.20. The van der Waals surface area contributed by atoms with Crippen LogP contribution in [-0.2, 0) is 29.4 Å². The van der Waals surface area contributed by atoms with Crippen molar-refractivity contribution in [2.24, 2.45) is 0 Å². The van der Waals surface area contributed by atoms with Crippen molar-refractivity contribution in [3.63, 3.8) is 0 Å². The zero-order valence-electron chi connectivity index (χ0n) is 16.6. The molecular weight excluding hydrogens is 389 g/mol. The maximum Gasteiger partial charge on any atom is 0.214 e. The molecule has 0 atom stereocenters. The summed E-state index contributed by atoms with van der Waals surface area (Å²) in [5, 5.41) is 0. The lowest BCUT2D eigenvalue weighted by molar-refractivity contribution is 0.245. The minimum atomic E-state index is -3.51. The molecule has 4 nitrogen and oxygen atoms in total. The van der Waals surface area contributed by atoms with Gasteiger partial charge in [-0.1, -0.05) is 49.6 Å². The molecule has 6 heteroatoms. The van der Waals surface area contributed by atoms with E-state index < -0.39 is 10.0 Å². The van der Waals surface area contributed by atoms with Crippen LogP contribution in [0.1, 0.15) is 48.8 Å². The van der Waals surface area contributed by atoms with Crippen LogP contribution in [0.2, 0.25) is 0 Å². The summed E-state index contributed by atoms with van der Waals surface area (Å²) < 4.78 is 48.0. The largest absolute Gasteiger partial charge is 0.493 e. The van der Waals surface area contributed by atoms with E-state index in [4.69, 9.17) is 4.74 Å². The Kier molecular flexibility index (Phi) is 6.20. The van der Waals surface area contributed by atoms with Gasteiger partial charge in [-0.25, -0.2) is 12.8 Å². The molecule has 1 saturated carbocycles. The number of benzene rings is 2. The minimum absolute atomic E-state index is 0.0393. The Morgan fingerprint density at radius 3 is 2.66 bits per heavy atom. The second-order valence-electron chi connectivity index (χ2n) is 8.04. The van der Waals surface area contributed by atoms with Gasteiger partial charge in [0, 0.05) is 24.6 Å². The van der Waals surface area contributed by atoms with E-state index in [1.807, 2.05) is 12.1 Å². The molecule has 0 bridgehead atoms. The minimum Gasteiger partial charge on any atom is -0.493 e. The van der Waals surface area contributed by atoms with Crippen molar-refractivity contribution >= 4 is 10.0 Å². The molecule has 4 rings (SSSR count). The van der Waals surface area contributed by atoms with Crippen LogP contribution in [0, 0.1) is 5.82 Å². The normalized spacial score (nSPS) is 17.3. The molecule has 1 aliphatic heterocycles. The topological polar surface area (TPSA) is 46.6 Å². The maximum absolute atomic E-state index is 14.2. The van der Waals surface area contributed by atoms with Crippen molar-refractivity contribution in [2.45, 2.75) is 57.5 Å². The summed E-state index contributed by atoms with van der Waals surface area (Å²) in [7, 11) is -3.51. The molecule has 0 N–H and O–H groups in total. The third kappa shape index (κ3) is 4.81. The fraction of sp³-hybridized carbons (Fsp3) is 0.478. The Bertz CT molecular complexity index is 954. The van der Waals surface area contributed by atoms with Gasteiger partial charge in [-0.05, 0) is 42.5 Å². The van der Waals surface area contributed by atoms with Gasteiger partial charge in [-0.3, -0.25) is 0 Å². The lowest BCUT2D eigenvalue weighted by Crippen LogP contribution is -2.42. The maximum atomic E-state index is 14.2. The van der Waals surface area contributed by atoms with Crippen LogP contribution in [0.4, 0.5) is 4.39 Å². The van der Waals surface area contributed by atoms with Crippen molar-refractivity contribution in [3.05, 3.63) is 65.0 Å². The van der Waals surface area contributed by atoms with Gasteiger partial charge in [0.05, 0.1) is 12.4 Å². The van der Waals surface area contributed by atoms with Crippen LogP contribution in [-0.4, -0.2) is 31.1 Å². The molecule has 0 saturated heterocycles. The van der Waals surface area contributed by atoms with Gasteiger partial charge in [-0.15, -0.1) is 0 Å². The molecule has 0 aromatic heterocycles. The molecule has 156 valence electrons. The number of aryl methyl sites for hydroxylation is 1. The molecule has 0 amide bonds. The van der Waals surface area contributed by atoms with Crippen LogP contribution >= 0.6 is 0 Å². The van der Waals surface area contributed by atoms with Crippen molar-refractivity contribution in [1.29, 1.82) is 0 Å². The summed E-state index contributed by atoms with van der Waals surface area (Å²) in [4.78, 5) is 0. The highest BCUT2D eigenvalue weighted by molar-refractivity contribution is 7.89. The van der Waals surface area contributed by atoms with Gasteiger partial charge in [0.2, 0.25) is 10.0 Å². The lowest BCUT2D eigenvalue weighted by atomic mass is 9.95. The Balaban J connectivity index is 1.52. The third-order valence-corrected chi connectivity index (χ3v) is 7.89. The molecule has 1 fully saturated rings. The van der Waals surface area contributed by atoms with Gasteiger partial charge < -0.3 is 4.74 Å². The standard InChI is InChI=1S/C23H28FNO3S/c24-22-9-5-4-6-20(22)17-25(21-7-2-1-3-8-21)29(26,27)15-13-18-10-11-23-19(16-18)12-14-28-23/h4-6,9-11,16,21H,1-3,7-8,12-15,17H2. The molecule has 2 aromatic rings. The SMILES string of the molecule is O=S(=O)(CCc1ccc2c(c1)CCO2)N(Cc1ccccc1F)C1CCCCC1. The molecule has 1 aliphatic carbocycles. The first-order valence-corrected chi connectivity index (χ1v) is 12.1. The fourth-order valence-corrected chi connectivity index (χ4v) is 6.11. The lowest BCUT2D eigenvalue weighted by Gasteiger charge is -2.33.